The number of nitrogens with one attached hydrogen (secondary N) is 1. The van der Waals surface area contributed by atoms with Crippen LogP contribution in [0.15, 0.2) is 23.4 Å². The fourth-order valence-electron chi connectivity index (χ4n) is 2.72. The van der Waals surface area contributed by atoms with Crippen molar-refractivity contribution in [3.05, 3.63) is 34.6 Å². The first-order chi connectivity index (χ1) is 11.6. The van der Waals surface area contributed by atoms with E-state index in [0.717, 1.165) is 16.5 Å². The number of aryl methyl sites for hydroxylation is 1. The quantitative estimate of drug-likeness (QED) is 0.783. The zero-order valence-electron chi connectivity index (χ0n) is 13.5. The molecule has 24 heavy (non-hydrogen) atoms. The molecule has 1 amide bonds. The van der Waals surface area contributed by atoms with Crippen molar-refractivity contribution in [2.45, 2.75) is 49.7 Å². The maximum absolute atomic E-state index is 12.2. The van der Waals surface area contributed by atoms with Crippen molar-refractivity contribution in [3.8, 4) is 0 Å². The van der Waals surface area contributed by atoms with Crippen molar-refractivity contribution in [2.24, 2.45) is 0 Å². The van der Waals surface area contributed by atoms with Crippen LogP contribution in [0.4, 0.5) is 5.69 Å². The average Bonchev–Trinajstić information content (AvgIpc) is 3.47. The molecule has 4 rings (SSSR count). The molecule has 0 bridgehead atoms. The van der Waals surface area contributed by atoms with Crippen LogP contribution in [-0.4, -0.2) is 26.4 Å². The molecule has 2 fully saturated rings. The Balaban J connectivity index is 1.40. The SMILES string of the molecule is Cc1ccc(NC(=O)CSc2nnc(C3CC3)n2C2CC2)c(Cl)c1. The molecule has 2 saturated carbocycles. The summed E-state index contributed by atoms with van der Waals surface area (Å²) in [6.45, 7) is 1.97. The van der Waals surface area contributed by atoms with E-state index in [1.54, 1.807) is 0 Å². The summed E-state index contributed by atoms with van der Waals surface area (Å²) < 4.78 is 2.26. The molecule has 0 saturated heterocycles. The van der Waals surface area contributed by atoms with Crippen LogP contribution in [0.25, 0.3) is 0 Å². The highest BCUT2D eigenvalue weighted by Gasteiger charge is 2.36. The van der Waals surface area contributed by atoms with Crippen molar-refractivity contribution in [2.75, 3.05) is 11.1 Å². The summed E-state index contributed by atoms with van der Waals surface area (Å²) in [5, 5.41) is 13.0. The molecule has 2 aliphatic carbocycles. The second-order valence-electron chi connectivity index (χ2n) is 6.54. The van der Waals surface area contributed by atoms with Gasteiger partial charge in [0.25, 0.3) is 0 Å². The van der Waals surface area contributed by atoms with Crippen LogP contribution < -0.4 is 5.32 Å². The number of aromatic nitrogens is 3. The zero-order chi connectivity index (χ0) is 16.7. The average molecular weight is 363 g/mol. The number of rotatable bonds is 6. The summed E-state index contributed by atoms with van der Waals surface area (Å²) >= 11 is 7.61. The topological polar surface area (TPSA) is 59.8 Å². The third-order valence-electron chi connectivity index (χ3n) is 4.28. The lowest BCUT2D eigenvalue weighted by atomic mass is 10.2. The summed E-state index contributed by atoms with van der Waals surface area (Å²) in [4.78, 5) is 12.2. The normalized spacial score (nSPS) is 17.1. The van der Waals surface area contributed by atoms with E-state index in [1.807, 2.05) is 25.1 Å². The van der Waals surface area contributed by atoms with E-state index in [4.69, 9.17) is 11.6 Å². The number of nitrogens with zero attached hydrogens (tertiary/aromatic N) is 3. The van der Waals surface area contributed by atoms with Gasteiger partial charge in [-0.3, -0.25) is 4.79 Å². The number of carbonyl (C=O) groups is 1. The van der Waals surface area contributed by atoms with E-state index in [9.17, 15) is 4.79 Å². The molecule has 126 valence electrons. The van der Waals surface area contributed by atoms with Crippen molar-refractivity contribution >= 4 is 35.0 Å². The van der Waals surface area contributed by atoms with Gasteiger partial charge in [-0.25, -0.2) is 0 Å². The van der Waals surface area contributed by atoms with Crippen molar-refractivity contribution < 1.29 is 4.79 Å². The molecule has 0 aliphatic heterocycles. The van der Waals surface area contributed by atoms with Gasteiger partial charge < -0.3 is 9.88 Å². The maximum Gasteiger partial charge on any atom is 0.234 e. The summed E-state index contributed by atoms with van der Waals surface area (Å²) in [5.41, 5.74) is 1.72. The molecular weight excluding hydrogens is 344 g/mol. The highest BCUT2D eigenvalue weighted by atomic mass is 35.5. The molecule has 2 aliphatic rings. The predicted octanol–water partition coefficient (Wildman–Crippen LogP) is 4.18. The number of hydrogen-bond donors (Lipinski definition) is 1. The van der Waals surface area contributed by atoms with Gasteiger partial charge in [0.2, 0.25) is 5.91 Å². The molecule has 0 atom stereocenters. The monoisotopic (exact) mass is 362 g/mol. The minimum absolute atomic E-state index is 0.0796. The molecule has 5 nitrogen and oxygen atoms in total. The third-order valence-corrected chi connectivity index (χ3v) is 5.53. The second kappa shape index (κ2) is 6.41. The Morgan fingerprint density at radius 2 is 2.12 bits per heavy atom. The summed E-state index contributed by atoms with van der Waals surface area (Å²) in [5.74, 6) is 1.92. The molecule has 1 aromatic carbocycles. The molecule has 2 aromatic rings. The van der Waals surface area contributed by atoms with Crippen molar-refractivity contribution in [3.63, 3.8) is 0 Å². The summed E-state index contributed by atoms with van der Waals surface area (Å²) in [7, 11) is 0. The van der Waals surface area contributed by atoms with Gasteiger partial charge in [-0.2, -0.15) is 0 Å². The number of halogens is 1. The van der Waals surface area contributed by atoms with Crippen LogP contribution in [0, 0.1) is 6.92 Å². The van der Waals surface area contributed by atoms with Crippen LogP contribution in [0.5, 0.6) is 0 Å². The Morgan fingerprint density at radius 1 is 1.33 bits per heavy atom. The van der Waals surface area contributed by atoms with E-state index >= 15 is 0 Å². The van der Waals surface area contributed by atoms with Crippen LogP contribution in [0.2, 0.25) is 5.02 Å². The molecule has 0 unspecified atom stereocenters. The highest BCUT2D eigenvalue weighted by molar-refractivity contribution is 7.99. The van der Waals surface area contributed by atoms with Gasteiger partial charge >= 0.3 is 0 Å². The molecular formula is C17H19ClN4OS. The number of anilines is 1. The minimum Gasteiger partial charge on any atom is -0.324 e. The van der Waals surface area contributed by atoms with Gasteiger partial charge in [-0.15, -0.1) is 10.2 Å². The van der Waals surface area contributed by atoms with Gasteiger partial charge in [-0.1, -0.05) is 29.4 Å². The fourth-order valence-corrected chi connectivity index (χ4v) is 3.82. The van der Waals surface area contributed by atoms with Crippen LogP contribution >= 0.6 is 23.4 Å². The molecule has 0 spiro atoms. The van der Waals surface area contributed by atoms with E-state index < -0.39 is 0 Å². The predicted molar refractivity (Wildman–Crippen MR) is 95.8 cm³/mol. The number of carbonyl (C=O) groups excluding carboxylic acids is 1. The number of benzene rings is 1. The lowest BCUT2D eigenvalue weighted by molar-refractivity contribution is -0.113. The third kappa shape index (κ3) is 3.44. The number of amides is 1. The van der Waals surface area contributed by atoms with Gasteiger partial charge in [0.1, 0.15) is 5.82 Å². The Bertz CT molecular complexity index is 783. The molecule has 1 heterocycles. The van der Waals surface area contributed by atoms with Gasteiger partial charge in [0.15, 0.2) is 5.16 Å². The fraction of sp³-hybridized carbons (Fsp3) is 0.471. The van der Waals surface area contributed by atoms with Crippen molar-refractivity contribution in [1.82, 2.24) is 14.8 Å². The van der Waals surface area contributed by atoms with Crippen LogP contribution in [-0.2, 0) is 4.79 Å². The lowest BCUT2D eigenvalue weighted by Crippen LogP contribution is -2.15. The molecule has 1 aromatic heterocycles. The molecule has 0 radical (unpaired) electrons. The van der Waals surface area contributed by atoms with E-state index in [2.05, 4.69) is 20.1 Å². The Hall–Kier alpha value is -1.53. The van der Waals surface area contributed by atoms with Gasteiger partial charge in [-0.05, 0) is 50.3 Å². The Kier molecular flexibility index (Phi) is 4.26. The van der Waals surface area contributed by atoms with E-state index in [0.29, 0.717) is 28.4 Å². The minimum atomic E-state index is -0.0796. The lowest BCUT2D eigenvalue weighted by Gasteiger charge is -2.09. The first-order valence-corrected chi connectivity index (χ1v) is 9.62. The standard InChI is InChI=1S/C17H19ClN4OS/c1-10-2-7-14(13(18)8-10)19-15(23)9-24-17-21-20-16(11-3-4-11)22(17)12-5-6-12/h2,7-8,11-12H,3-6,9H2,1H3,(H,19,23). The Morgan fingerprint density at radius 3 is 2.79 bits per heavy atom. The summed E-state index contributed by atoms with van der Waals surface area (Å²) in [6, 6.07) is 6.14. The highest BCUT2D eigenvalue weighted by Crippen LogP contribution is 2.46. The maximum atomic E-state index is 12.2. The van der Waals surface area contributed by atoms with E-state index in [1.165, 1.54) is 37.4 Å². The first kappa shape index (κ1) is 16.0. The van der Waals surface area contributed by atoms with Crippen LogP contribution in [0.3, 0.4) is 0 Å². The molecule has 7 heteroatoms. The van der Waals surface area contributed by atoms with Gasteiger partial charge in [0, 0.05) is 12.0 Å². The van der Waals surface area contributed by atoms with E-state index in [-0.39, 0.29) is 5.91 Å². The number of thioether (sulfide) groups is 1. The van der Waals surface area contributed by atoms with Crippen molar-refractivity contribution in [1.29, 1.82) is 0 Å². The molecule has 1 N–H and O–H groups in total. The largest absolute Gasteiger partial charge is 0.324 e. The summed E-state index contributed by atoms with van der Waals surface area (Å²) in [6.07, 6.45) is 4.80. The smallest absolute Gasteiger partial charge is 0.234 e. The first-order valence-electron chi connectivity index (χ1n) is 8.25. The second-order valence-corrected chi connectivity index (χ2v) is 7.89. The van der Waals surface area contributed by atoms with Crippen LogP contribution in [0.1, 0.15) is 49.0 Å². The zero-order valence-corrected chi connectivity index (χ0v) is 15.0. The van der Waals surface area contributed by atoms with Gasteiger partial charge in [0.05, 0.1) is 16.5 Å². The number of hydrogen-bond acceptors (Lipinski definition) is 4. The Labute approximate surface area is 150 Å².